The minimum atomic E-state index is -0.380. The van der Waals surface area contributed by atoms with E-state index in [4.69, 9.17) is 9.15 Å². The molecule has 2 aromatic heterocycles. The maximum Gasteiger partial charge on any atom is 0.312 e. The zero-order valence-corrected chi connectivity index (χ0v) is 15.1. The van der Waals surface area contributed by atoms with Crippen LogP contribution in [-0.2, 0) is 4.79 Å². The van der Waals surface area contributed by atoms with E-state index in [-0.39, 0.29) is 29.6 Å². The molecule has 0 N–H and O–H groups in total. The molecule has 0 spiro atoms. The molecule has 3 heterocycles. The number of rotatable bonds is 2. The van der Waals surface area contributed by atoms with Gasteiger partial charge in [0.15, 0.2) is 0 Å². The van der Waals surface area contributed by atoms with Gasteiger partial charge in [-0.3, -0.25) is 14.6 Å². The molecular formula is C23H14FNO4. The summed E-state index contributed by atoms with van der Waals surface area (Å²) < 4.78 is 24.5. The Morgan fingerprint density at radius 2 is 1.72 bits per heavy atom. The molecule has 0 bridgehead atoms. The molecule has 0 saturated heterocycles. The third-order valence-electron chi connectivity index (χ3n) is 5.15. The lowest BCUT2D eigenvalue weighted by Crippen LogP contribution is -2.22. The van der Waals surface area contributed by atoms with Crippen molar-refractivity contribution in [3.63, 3.8) is 0 Å². The topological polar surface area (TPSA) is 69.4 Å². The zero-order valence-electron chi connectivity index (χ0n) is 15.1. The standard InChI is InChI=1S/C23H14FNO4/c24-15-3-1-13(2-4-15)18-12-28-23-16(22(18)27)5-6-19-21(23)17(11-20(26)29-19)14-7-9-25-10-8-14/h1-10,12,17H,11H2. The minimum absolute atomic E-state index is 0.138. The summed E-state index contributed by atoms with van der Waals surface area (Å²) in [5.41, 5.74) is 2.60. The van der Waals surface area contributed by atoms with Crippen LogP contribution in [0.3, 0.4) is 0 Å². The third kappa shape index (κ3) is 2.89. The molecule has 142 valence electrons. The number of carbonyl (C=O) groups is 1. The monoisotopic (exact) mass is 387 g/mol. The van der Waals surface area contributed by atoms with E-state index in [9.17, 15) is 14.0 Å². The Labute approximate surface area is 164 Å². The number of pyridine rings is 1. The Morgan fingerprint density at radius 3 is 2.48 bits per heavy atom. The van der Waals surface area contributed by atoms with Gasteiger partial charge >= 0.3 is 5.97 Å². The zero-order chi connectivity index (χ0) is 20.0. The number of esters is 1. The average molecular weight is 387 g/mol. The first-order chi connectivity index (χ1) is 14.1. The maximum absolute atomic E-state index is 13.2. The predicted molar refractivity (Wildman–Crippen MR) is 104 cm³/mol. The SMILES string of the molecule is O=C1CC(c2ccncc2)c2c(ccc3c(=O)c(-c4ccc(F)cc4)coc23)O1. The summed E-state index contributed by atoms with van der Waals surface area (Å²) in [5, 5.41) is 0.377. The molecule has 5 rings (SSSR count). The molecule has 1 aliphatic heterocycles. The van der Waals surface area contributed by atoms with E-state index in [1.54, 1.807) is 24.5 Å². The highest BCUT2D eigenvalue weighted by Gasteiger charge is 2.32. The van der Waals surface area contributed by atoms with Gasteiger partial charge in [-0.2, -0.15) is 0 Å². The van der Waals surface area contributed by atoms with Crippen LogP contribution in [0.4, 0.5) is 4.39 Å². The molecule has 0 aliphatic carbocycles. The lowest BCUT2D eigenvalue weighted by Gasteiger charge is -2.25. The molecule has 29 heavy (non-hydrogen) atoms. The van der Waals surface area contributed by atoms with Crippen LogP contribution in [0.2, 0.25) is 0 Å². The number of benzene rings is 2. The Bertz CT molecular complexity index is 1300. The molecule has 0 fully saturated rings. The molecule has 1 atom stereocenters. The fourth-order valence-corrected chi connectivity index (χ4v) is 3.76. The van der Waals surface area contributed by atoms with Gasteiger partial charge in [-0.05, 0) is 47.5 Å². The summed E-state index contributed by atoms with van der Waals surface area (Å²) in [6.07, 6.45) is 4.82. The number of aromatic nitrogens is 1. The first-order valence-electron chi connectivity index (χ1n) is 9.07. The van der Waals surface area contributed by atoms with Gasteiger partial charge in [0.1, 0.15) is 23.4 Å². The molecule has 1 aliphatic rings. The normalized spacial score (nSPS) is 15.8. The number of ether oxygens (including phenoxy) is 1. The Balaban J connectivity index is 1.74. The number of hydrogen-bond donors (Lipinski definition) is 0. The third-order valence-corrected chi connectivity index (χ3v) is 5.15. The molecule has 0 saturated carbocycles. The fraction of sp³-hybridized carbons (Fsp3) is 0.0870. The average Bonchev–Trinajstić information content (AvgIpc) is 2.74. The van der Waals surface area contributed by atoms with Gasteiger partial charge in [-0.15, -0.1) is 0 Å². The highest BCUT2D eigenvalue weighted by Crippen LogP contribution is 2.42. The molecule has 0 radical (unpaired) electrons. The van der Waals surface area contributed by atoms with Gasteiger partial charge in [0, 0.05) is 23.9 Å². The first kappa shape index (κ1) is 17.3. The second kappa shape index (κ2) is 6.67. The van der Waals surface area contributed by atoms with Crippen LogP contribution in [0, 0.1) is 5.82 Å². The second-order valence-corrected chi connectivity index (χ2v) is 6.85. The van der Waals surface area contributed by atoms with Crippen molar-refractivity contribution in [2.24, 2.45) is 0 Å². The number of nitrogens with zero attached hydrogens (tertiary/aromatic N) is 1. The van der Waals surface area contributed by atoms with Crippen molar-refractivity contribution in [2.45, 2.75) is 12.3 Å². The fourth-order valence-electron chi connectivity index (χ4n) is 3.76. The molecule has 6 heteroatoms. The quantitative estimate of drug-likeness (QED) is 0.376. The summed E-state index contributed by atoms with van der Waals surface area (Å²) in [5.74, 6) is -0.648. The number of carbonyl (C=O) groups excluding carboxylic acids is 1. The molecule has 4 aromatic rings. The van der Waals surface area contributed by atoms with E-state index in [2.05, 4.69) is 4.98 Å². The van der Waals surface area contributed by atoms with Crippen LogP contribution in [0.1, 0.15) is 23.5 Å². The van der Waals surface area contributed by atoms with E-state index >= 15 is 0 Å². The molecule has 2 aromatic carbocycles. The van der Waals surface area contributed by atoms with Crippen LogP contribution in [0.25, 0.3) is 22.1 Å². The first-order valence-corrected chi connectivity index (χ1v) is 9.07. The predicted octanol–water partition coefficient (Wildman–Crippen LogP) is 4.44. The van der Waals surface area contributed by atoms with E-state index in [1.165, 1.54) is 30.5 Å². The van der Waals surface area contributed by atoms with Crippen LogP contribution in [-0.4, -0.2) is 11.0 Å². The van der Waals surface area contributed by atoms with Crippen LogP contribution >= 0.6 is 0 Å². The minimum Gasteiger partial charge on any atom is -0.463 e. The highest BCUT2D eigenvalue weighted by atomic mass is 19.1. The lowest BCUT2D eigenvalue weighted by molar-refractivity contribution is -0.135. The van der Waals surface area contributed by atoms with Crippen molar-refractivity contribution in [2.75, 3.05) is 0 Å². The van der Waals surface area contributed by atoms with Crippen LogP contribution in [0.15, 0.2) is 76.4 Å². The van der Waals surface area contributed by atoms with Crippen LogP contribution in [0.5, 0.6) is 5.75 Å². The Kier molecular flexibility index (Phi) is 3.98. The summed E-state index contributed by atoms with van der Waals surface area (Å²) >= 11 is 0. The number of fused-ring (bicyclic) bond motifs is 3. The van der Waals surface area contributed by atoms with Gasteiger partial charge in [0.25, 0.3) is 0 Å². The van der Waals surface area contributed by atoms with Gasteiger partial charge in [0.2, 0.25) is 5.43 Å². The Hall–Kier alpha value is -3.80. The lowest BCUT2D eigenvalue weighted by atomic mass is 9.85. The van der Waals surface area contributed by atoms with Crippen molar-refractivity contribution in [1.29, 1.82) is 0 Å². The van der Waals surface area contributed by atoms with E-state index in [0.29, 0.717) is 33.4 Å². The summed E-state index contributed by atoms with van der Waals surface area (Å²) in [6, 6.07) is 12.5. The number of halogens is 1. The van der Waals surface area contributed by atoms with E-state index < -0.39 is 0 Å². The van der Waals surface area contributed by atoms with Gasteiger partial charge in [-0.1, -0.05) is 12.1 Å². The Morgan fingerprint density at radius 1 is 0.966 bits per heavy atom. The van der Waals surface area contributed by atoms with Crippen molar-refractivity contribution in [3.05, 3.63) is 94.4 Å². The molecule has 0 amide bonds. The maximum atomic E-state index is 13.2. The number of hydrogen-bond acceptors (Lipinski definition) is 5. The summed E-state index contributed by atoms with van der Waals surface area (Å²) in [6.45, 7) is 0. The largest absolute Gasteiger partial charge is 0.463 e. The highest BCUT2D eigenvalue weighted by molar-refractivity contribution is 5.90. The van der Waals surface area contributed by atoms with Crippen molar-refractivity contribution >= 4 is 16.9 Å². The molecular weight excluding hydrogens is 373 g/mol. The van der Waals surface area contributed by atoms with Crippen LogP contribution < -0.4 is 10.2 Å². The molecule has 5 nitrogen and oxygen atoms in total. The van der Waals surface area contributed by atoms with Gasteiger partial charge in [0.05, 0.1) is 17.4 Å². The van der Waals surface area contributed by atoms with Crippen molar-refractivity contribution in [1.82, 2.24) is 4.98 Å². The van der Waals surface area contributed by atoms with E-state index in [1.807, 2.05) is 12.1 Å². The smallest absolute Gasteiger partial charge is 0.312 e. The van der Waals surface area contributed by atoms with E-state index in [0.717, 1.165) is 5.56 Å². The summed E-state index contributed by atoms with van der Waals surface area (Å²) in [4.78, 5) is 29.3. The van der Waals surface area contributed by atoms with Gasteiger partial charge < -0.3 is 9.15 Å². The van der Waals surface area contributed by atoms with Crippen molar-refractivity contribution in [3.8, 4) is 16.9 Å². The molecule has 1 unspecified atom stereocenters. The van der Waals surface area contributed by atoms with Gasteiger partial charge in [-0.25, -0.2) is 4.39 Å². The van der Waals surface area contributed by atoms with Crippen molar-refractivity contribution < 1.29 is 18.3 Å². The summed E-state index contributed by atoms with van der Waals surface area (Å²) in [7, 11) is 0. The second-order valence-electron chi connectivity index (χ2n) is 6.85.